The summed E-state index contributed by atoms with van der Waals surface area (Å²) in [4.78, 5) is 12.0. The standard InChI is InChI=1S/C13H24N2O2/c1-10-5-4-7-12(15-10)13(16)14-9-11-6-2-3-8-17-11/h10-12,15H,2-9H2,1H3,(H,14,16). The zero-order valence-corrected chi connectivity index (χ0v) is 10.7. The van der Waals surface area contributed by atoms with Gasteiger partial charge in [-0.05, 0) is 45.4 Å². The highest BCUT2D eigenvalue weighted by Gasteiger charge is 2.24. The maximum atomic E-state index is 12.0. The highest BCUT2D eigenvalue weighted by Crippen LogP contribution is 2.14. The van der Waals surface area contributed by atoms with Crippen LogP contribution >= 0.6 is 0 Å². The second kappa shape index (κ2) is 6.36. The smallest absolute Gasteiger partial charge is 0.237 e. The van der Waals surface area contributed by atoms with Gasteiger partial charge in [-0.15, -0.1) is 0 Å². The number of carbonyl (C=O) groups is 1. The van der Waals surface area contributed by atoms with Gasteiger partial charge in [0.15, 0.2) is 0 Å². The van der Waals surface area contributed by atoms with Crippen molar-refractivity contribution in [1.82, 2.24) is 10.6 Å². The van der Waals surface area contributed by atoms with Crippen LogP contribution in [-0.4, -0.2) is 37.2 Å². The van der Waals surface area contributed by atoms with Crippen LogP contribution in [0, 0.1) is 0 Å². The SMILES string of the molecule is CC1CCCC(C(=O)NCC2CCCCO2)N1. The number of ether oxygens (including phenoxy) is 1. The van der Waals surface area contributed by atoms with Gasteiger partial charge in [-0.1, -0.05) is 0 Å². The first-order valence-corrected chi connectivity index (χ1v) is 6.91. The molecule has 2 rings (SSSR count). The number of rotatable bonds is 3. The number of hydrogen-bond acceptors (Lipinski definition) is 3. The maximum Gasteiger partial charge on any atom is 0.237 e. The average Bonchev–Trinajstić information content (AvgIpc) is 2.37. The van der Waals surface area contributed by atoms with Crippen LogP contribution in [0.1, 0.15) is 45.4 Å². The van der Waals surface area contributed by atoms with Gasteiger partial charge >= 0.3 is 0 Å². The highest BCUT2D eigenvalue weighted by atomic mass is 16.5. The molecule has 4 nitrogen and oxygen atoms in total. The summed E-state index contributed by atoms with van der Waals surface area (Å²) in [5, 5.41) is 6.37. The van der Waals surface area contributed by atoms with Crippen LogP contribution in [0.5, 0.6) is 0 Å². The highest BCUT2D eigenvalue weighted by molar-refractivity contribution is 5.81. The third-order valence-corrected chi connectivity index (χ3v) is 3.71. The number of carbonyl (C=O) groups excluding carboxylic acids is 1. The zero-order valence-electron chi connectivity index (χ0n) is 10.7. The molecule has 4 heteroatoms. The average molecular weight is 240 g/mol. The molecule has 0 aromatic rings. The first-order valence-electron chi connectivity index (χ1n) is 6.91. The zero-order chi connectivity index (χ0) is 12.1. The van der Waals surface area contributed by atoms with Gasteiger partial charge in [0.05, 0.1) is 12.1 Å². The predicted molar refractivity (Wildman–Crippen MR) is 66.8 cm³/mol. The lowest BCUT2D eigenvalue weighted by molar-refractivity contribution is -0.124. The Labute approximate surface area is 103 Å². The fraction of sp³-hybridized carbons (Fsp3) is 0.923. The second-order valence-corrected chi connectivity index (χ2v) is 5.28. The van der Waals surface area contributed by atoms with Gasteiger partial charge in [0.1, 0.15) is 0 Å². The lowest BCUT2D eigenvalue weighted by Crippen LogP contribution is -2.51. The summed E-state index contributed by atoms with van der Waals surface area (Å²) in [6.45, 7) is 3.66. The van der Waals surface area contributed by atoms with E-state index >= 15 is 0 Å². The molecule has 2 saturated heterocycles. The third kappa shape index (κ3) is 3.96. The van der Waals surface area contributed by atoms with Crippen molar-refractivity contribution >= 4 is 5.91 Å². The maximum absolute atomic E-state index is 12.0. The van der Waals surface area contributed by atoms with Crippen LogP contribution in [-0.2, 0) is 9.53 Å². The molecule has 17 heavy (non-hydrogen) atoms. The van der Waals surface area contributed by atoms with Gasteiger partial charge in [0.25, 0.3) is 0 Å². The van der Waals surface area contributed by atoms with Crippen molar-refractivity contribution in [3.63, 3.8) is 0 Å². The summed E-state index contributed by atoms with van der Waals surface area (Å²) in [5.41, 5.74) is 0. The predicted octanol–water partition coefficient (Wildman–Crippen LogP) is 1.20. The fourth-order valence-electron chi connectivity index (χ4n) is 2.65. The molecule has 0 radical (unpaired) electrons. The van der Waals surface area contributed by atoms with Crippen molar-refractivity contribution in [2.24, 2.45) is 0 Å². The van der Waals surface area contributed by atoms with Crippen LogP contribution in [0.15, 0.2) is 0 Å². The topological polar surface area (TPSA) is 50.4 Å². The molecule has 2 aliphatic rings. The largest absolute Gasteiger partial charge is 0.376 e. The molecule has 0 aliphatic carbocycles. The molecule has 2 N–H and O–H groups in total. The monoisotopic (exact) mass is 240 g/mol. The normalized spacial score (nSPS) is 34.3. The molecule has 2 aliphatic heterocycles. The van der Waals surface area contributed by atoms with Crippen LogP contribution in [0.3, 0.4) is 0 Å². The number of nitrogens with one attached hydrogen (secondary N) is 2. The molecule has 0 aromatic heterocycles. The molecule has 1 amide bonds. The van der Waals surface area contributed by atoms with E-state index in [2.05, 4.69) is 17.6 Å². The van der Waals surface area contributed by atoms with Crippen molar-refractivity contribution in [3.8, 4) is 0 Å². The second-order valence-electron chi connectivity index (χ2n) is 5.28. The lowest BCUT2D eigenvalue weighted by atomic mass is 9.99. The minimum absolute atomic E-state index is 0.00217. The Balaban J connectivity index is 1.69. The van der Waals surface area contributed by atoms with Gasteiger partial charge in [-0.25, -0.2) is 0 Å². The molecule has 98 valence electrons. The van der Waals surface area contributed by atoms with E-state index in [0.717, 1.165) is 32.3 Å². The van der Waals surface area contributed by atoms with E-state index in [1.54, 1.807) is 0 Å². The van der Waals surface area contributed by atoms with E-state index in [1.807, 2.05) is 0 Å². The Kier molecular flexibility index (Phi) is 4.80. The van der Waals surface area contributed by atoms with E-state index < -0.39 is 0 Å². The Morgan fingerprint density at radius 1 is 1.29 bits per heavy atom. The number of piperidine rings is 1. The molecule has 2 fully saturated rings. The van der Waals surface area contributed by atoms with E-state index in [1.165, 1.54) is 12.8 Å². The summed E-state index contributed by atoms with van der Waals surface area (Å²) in [7, 11) is 0. The van der Waals surface area contributed by atoms with Crippen molar-refractivity contribution < 1.29 is 9.53 Å². The Hall–Kier alpha value is -0.610. The van der Waals surface area contributed by atoms with Crippen molar-refractivity contribution in [2.45, 2.75) is 63.6 Å². The minimum Gasteiger partial charge on any atom is -0.376 e. The molecule has 0 saturated carbocycles. The van der Waals surface area contributed by atoms with E-state index in [-0.39, 0.29) is 18.1 Å². The quantitative estimate of drug-likeness (QED) is 0.779. The van der Waals surface area contributed by atoms with Gasteiger partial charge in [-0.3, -0.25) is 4.79 Å². The van der Waals surface area contributed by atoms with E-state index in [0.29, 0.717) is 12.6 Å². The summed E-state index contributed by atoms with van der Waals surface area (Å²) in [5.74, 6) is 0.144. The molecule has 3 atom stereocenters. The lowest BCUT2D eigenvalue weighted by Gasteiger charge is -2.29. The van der Waals surface area contributed by atoms with Crippen molar-refractivity contribution in [3.05, 3.63) is 0 Å². The fourth-order valence-corrected chi connectivity index (χ4v) is 2.65. The molecule has 0 spiro atoms. The van der Waals surface area contributed by atoms with Crippen molar-refractivity contribution in [2.75, 3.05) is 13.2 Å². The van der Waals surface area contributed by atoms with Gasteiger partial charge < -0.3 is 15.4 Å². The summed E-state index contributed by atoms with van der Waals surface area (Å²) in [6, 6.07) is 0.466. The summed E-state index contributed by atoms with van der Waals surface area (Å²) >= 11 is 0. The van der Waals surface area contributed by atoms with Gasteiger partial charge in [0, 0.05) is 19.2 Å². The summed E-state index contributed by atoms with van der Waals surface area (Å²) < 4.78 is 5.60. The first-order chi connectivity index (χ1) is 8.25. The Bertz CT molecular complexity index is 252. The molecular formula is C13H24N2O2. The molecule has 0 aromatic carbocycles. The molecule has 0 bridgehead atoms. The third-order valence-electron chi connectivity index (χ3n) is 3.71. The minimum atomic E-state index is 0.00217. The summed E-state index contributed by atoms with van der Waals surface area (Å²) in [6.07, 6.45) is 6.97. The van der Waals surface area contributed by atoms with E-state index in [4.69, 9.17) is 4.74 Å². The van der Waals surface area contributed by atoms with Crippen LogP contribution in [0.25, 0.3) is 0 Å². The molecular weight excluding hydrogens is 216 g/mol. The van der Waals surface area contributed by atoms with Crippen molar-refractivity contribution in [1.29, 1.82) is 0 Å². The van der Waals surface area contributed by atoms with Crippen LogP contribution in [0.4, 0.5) is 0 Å². The Morgan fingerprint density at radius 2 is 2.18 bits per heavy atom. The molecule has 2 heterocycles. The van der Waals surface area contributed by atoms with Crippen LogP contribution in [0.2, 0.25) is 0 Å². The molecule has 3 unspecified atom stereocenters. The Morgan fingerprint density at radius 3 is 2.88 bits per heavy atom. The van der Waals surface area contributed by atoms with Gasteiger partial charge in [-0.2, -0.15) is 0 Å². The number of hydrogen-bond donors (Lipinski definition) is 2. The van der Waals surface area contributed by atoms with Crippen LogP contribution < -0.4 is 10.6 Å². The number of amides is 1. The first kappa shape index (κ1) is 12.8. The van der Waals surface area contributed by atoms with E-state index in [9.17, 15) is 4.79 Å². The van der Waals surface area contributed by atoms with Gasteiger partial charge in [0.2, 0.25) is 5.91 Å².